The number of hydrogen-bond donors (Lipinski definition) is 1. The molecule has 1 aliphatic heterocycles. The molecule has 4 heteroatoms. The minimum Gasteiger partial charge on any atom is -0.508 e. The molecule has 0 saturated heterocycles. The third kappa shape index (κ3) is 3.00. The number of aromatic hydroxyl groups is 1. The van der Waals surface area contributed by atoms with Gasteiger partial charge in [-0.25, -0.2) is 0 Å². The lowest BCUT2D eigenvalue weighted by Crippen LogP contribution is -2.38. The number of carbonyl (C=O) groups excluding carboxylic acids is 1. The van der Waals surface area contributed by atoms with Gasteiger partial charge >= 0.3 is 0 Å². The van der Waals surface area contributed by atoms with Gasteiger partial charge in [0.2, 0.25) is 0 Å². The van der Waals surface area contributed by atoms with Gasteiger partial charge in [0.1, 0.15) is 5.75 Å². The van der Waals surface area contributed by atoms with Gasteiger partial charge in [-0.2, -0.15) is 0 Å². The third-order valence-corrected chi connectivity index (χ3v) is 6.58. The number of hydrogen-bond acceptors (Lipinski definition) is 2. The minimum atomic E-state index is -0.416. The molecule has 1 N–H and O–H groups in total. The average Bonchev–Trinajstić information content (AvgIpc) is 3.01. The fourth-order valence-electron chi connectivity index (χ4n) is 4.86. The topological polar surface area (TPSA) is 40.5 Å². The van der Waals surface area contributed by atoms with Gasteiger partial charge < -0.3 is 5.11 Å². The maximum Gasteiger partial charge on any atom is 0.258 e. The van der Waals surface area contributed by atoms with Crippen LogP contribution in [0.4, 0.5) is 5.69 Å². The summed E-state index contributed by atoms with van der Waals surface area (Å²) in [6.45, 7) is 4.26. The van der Waals surface area contributed by atoms with Crippen LogP contribution >= 0.6 is 11.6 Å². The van der Waals surface area contributed by atoms with Gasteiger partial charge in [-0.3, -0.25) is 9.69 Å². The zero-order valence-corrected chi connectivity index (χ0v) is 18.1. The van der Waals surface area contributed by atoms with Gasteiger partial charge in [0.05, 0.1) is 6.04 Å². The molecule has 0 spiro atoms. The van der Waals surface area contributed by atoms with Crippen molar-refractivity contribution in [1.82, 2.24) is 0 Å². The molecule has 3 nitrogen and oxygen atoms in total. The molecular weight excluding hydrogens is 406 g/mol. The smallest absolute Gasteiger partial charge is 0.258 e. The zero-order valence-electron chi connectivity index (χ0n) is 17.3. The Balaban J connectivity index is 1.78. The number of carbonyl (C=O) groups is 1. The van der Waals surface area contributed by atoms with Crippen LogP contribution in [0.5, 0.6) is 5.75 Å². The third-order valence-electron chi connectivity index (χ3n) is 6.33. The van der Waals surface area contributed by atoms with Crippen molar-refractivity contribution in [3.05, 3.63) is 107 Å². The summed E-state index contributed by atoms with van der Waals surface area (Å²) in [6.07, 6.45) is 0. The van der Waals surface area contributed by atoms with Crippen LogP contribution in [0, 0.1) is 0 Å². The summed E-state index contributed by atoms with van der Waals surface area (Å²) in [4.78, 5) is 15.7. The number of amides is 1. The number of para-hydroxylation sites is 1. The normalized spacial score (nSPS) is 17.0. The number of rotatable bonds is 2. The van der Waals surface area contributed by atoms with Crippen LogP contribution in [0.15, 0.2) is 84.9 Å². The molecular formula is C27H22ClNO2. The van der Waals surface area contributed by atoms with E-state index in [0.717, 1.165) is 27.6 Å². The van der Waals surface area contributed by atoms with E-state index in [1.165, 1.54) is 0 Å². The molecule has 1 unspecified atom stereocenters. The van der Waals surface area contributed by atoms with Crippen molar-refractivity contribution in [3.8, 4) is 5.75 Å². The first-order valence-electron chi connectivity index (χ1n) is 10.3. The summed E-state index contributed by atoms with van der Waals surface area (Å²) in [5, 5.41) is 13.6. The van der Waals surface area contributed by atoms with Gasteiger partial charge in [-0.05, 0) is 52.7 Å². The van der Waals surface area contributed by atoms with Crippen molar-refractivity contribution in [2.75, 3.05) is 4.90 Å². The number of fused-ring (bicyclic) bond motifs is 2. The van der Waals surface area contributed by atoms with Crippen LogP contribution in [-0.4, -0.2) is 11.0 Å². The fraction of sp³-hybridized carbons (Fsp3) is 0.148. The molecule has 4 aromatic carbocycles. The number of benzene rings is 4. The fourth-order valence-corrected chi connectivity index (χ4v) is 4.98. The lowest BCUT2D eigenvalue weighted by Gasteiger charge is -2.35. The summed E-state index contributed by atoms with van der Waals surface area (Å²) < 4.78 is 0. The van der Waals surface area contributed by atoms with Gasteiger partial charge in [0.25, 0.3) is 5.91 Å². The van der Waals surface area contributed by atoms with E-state index >= 15 is 0 Å². The standard InChI is InChI=1S/C27H22ClNO2/c1-27(2)21-9-5-6-10-22(21)29(26(31)18-11-14-19(28)15-12-18)25(27)24-20-8-4-3-7-17(20)13-16-23(24)30/h3-16,25,30H,1-2H3. The maximum absolute atomic E-state index is 13.8. The monoisotopic (exact) mass is 427 g/mol. The number of anilines is 1. The Labute approximate surface area is 186 Å². The second kappa shape index (κ2) is 7.14. The van der Waals surface area contributed by atoms with Crippen LogP contribution < -0.4 is 4.90 Å². The Morgan fingerprint density at radius 2 is 1.58 bits per heavy atom. The Morgan fingerprint density at radius 1 is 0.903 bits per heavy atom. The van der Waals surface area contributed by atoms with E-state index in [1.54, 1.807) is 30.3 Å². The molecule has 0 saturated carbocycles. The number of phenolic OH excluding ortho intramolecular Hbond substituents is 1. The van der Waals surface area contributed by atoms with Crippen LogP contribution in [-0.2, 0) is 5.41 Å². The molecule has 0 bridgehead atoms. The van der Waals surface area contributed by atoms with E-state index in [-0.39, 0.29) is 17.7 Å². The molecule has 1 amide bonds. The van der Waals surface area contributed by atoms with Crippen LogP contribution in [0.1, 0.15) is 41.4 Å². The predicted octanol–water partition coefficient (Wildman–Crippen LogP) is 6.88. The van der Waals surface area contributed by atoms with E-state index in [0.29, 0.717) is 10.6 Å². The van der Waals surface area contributed by atoms with Gasteiger partial charge in [0.15, 0.2) is 0 Å². The van der Waals surface area contributed by atoms with E-state index in [1.807, 2.05) is 53.4 Å². The largest absolute Gasteiger partial charge is 0.508 e. The predicted molar refractivity (Wildman–Crippen MR) is 126 cm³/mol. The Bertz CT molecular complexity index is 1310. The van der Waals surface area contributed by atoms with Gasteiger partial charge in [-0.15, -0.1) is 0 Å². The first-order valence-corrected chi connectivity index (χ1v) is 10.7. The molecule has 4 aromatic rings. The highest BCUT2D eigenvalue weighted by atomic mass is 35.5. The van der Waals surface area contributed by atoms with Crippen molar-refractivity contribution >= 4 is 34.0 Å². The van der Waals surface area contributed by atoms with Crippen molar-refractivity contribution in [1.29, 1.82) is 0 Å². The first-order chi connectivity index (χ1) is 14.9. The van der Waals surface area contributed by atoms with E-state index in [2.05, 4.69) is 19.9 Å². The molecule has 0 radical (unpaired) electrons. The van der Waals surface area contributed by atoms with Crippen molar-refractivity contribution < 1.29 is 9.90 Å². The highest BCUT2D eigenvalue weighted by Crippen LogP contribution is 2.55. The summed E-state index contributed by atoms with van der Waals surface area (Å²) in [5.41, 5.74) is 2.85. The SMILES string of the molecule is CC1(C)c2ccccc2N(C(=O)c2ccc(Cl)cc2)C1c1c(O)ccc2ccccc12. The highest BCUT2D eigenvalue weighted by molar-refractivity contribution is 6.30. The number of halogens is 1. The molecule has 1 heterocycles. The Morgan fingerprint density at radius 3 is 2.35 bits per heavy atom. The number of nitrogens with zero attached hydrogens (tertiary/aromatic N) is 1. The first kappa shape index (κ1) is 19.7. The van der Waals surface area contributed by atoms with Gasteiger partial charge in [-0.1, -0.05) is 74.0 Å². The molecule has 0 fully saturated rings. The van der Waals surface area contributed by atoms with Crippen LogP contribution in [0.3, 0.4) is 0 Å². The minimum absolute atomic E-state index is 0.118. The van der Waals surface area contributed by atoms with Crippen LogP contribution in [0.25, 0.3) is 10.8 Å². The maximum atomic E-state index is 13.8. The Kier molecular flexibility index (Phi) is 4.53. The van der Waals surface area contributed by atoms with E-state index in [9.17, 15) is 9.90 Å². The second-order valence-corrected chi connectivity index (χ2v) is 8.98. The summed E-state index contributed by atoms with van der Waals surface area (Å²) in [5.74, 6) is 0.0745. The summed E-state index contributed by atoms with van der Waals surface area (Å²) >= 11 is 6.06. The van der Waals surface area contributed by atoms with E-state index < -0.39 is 5.41 Å². The lowest BCUT2D eigenvalue weighted by molar-refractivity contribution is 0.0971. The molecule has 154 valence electrons. The van der Waals surface area contributed by atoms with E-state index in [4.69, 9.17) is 11.6 Å². The number of phenols is 1. The zero-order chi connectivity index (χ0) is 21.8. The molecule has 1 aliphatic rings. The Hall–Kier alpha value is -3.30. The van der Waals surface area contributed by atoms with Crippen molar-refractivity contribution in [3.63, 3.8) is 0 Å². The van der Waals surface area contributed by atoms with Gasteiger partial charge in [0, 0.05) is 27.3 Å². The molecule has 0 aliphatic carbocycles. The summed E-state index contributed by atoms with van der Waals surface area (Å²) in [7, 11) is 0. The lowest BCUT2D eigenvalue weighted by atomic mass is 9.76. The highest BCUT2D eigenvalue weighted by Gasteiger charge is 2.49. The average molecular weight is 428 g/mol. The van der Waals surface area contributed by atoms with Crippen molar-refractivity contribution in [2.24, 2.45) is 0 Å². The molecule has 5 rings (SSSR count). The quantitative estimate of drug-likeness (QED) is 0.379. The molecule has 1 atom stereocenters. The second-order valence-electron chi connectivity index (χ2n) is 8.54. The van der Waals surface area contributed by atoms with Crippen molar-refractivity contribution in [2.45, 2.75) is 25.3 Å². The molecule has 31 heavy (non-hydrogen) atoms. The summed E-state index contributed by atoms with van der Waals surface area (Å²) in [6, 6.07) is 26.2. The molecule has 0 aromatic heterocycles. The van der Waals surface area contributed by atoms with Crippen LogP contribution in [0.2, 0.25) is 5.02 Å².